The predicted octanol–water partition coefficient (Wildman–Crippen LogP) is 1.11. The molecule has 1 fully saturated rings. The molecule has 164 valence electrons. The van der Waals surface area contributed by atoms with E-state index in [1.54, 1.807) is 30.2 Å². The Morgan fingerprint density at radius 3 is 2.68 bits per heavy atom. The Kier molecular flexibility index (Phi) is 6.30. The molecule has 0 bridgehead atoms. The van der Waals surface area contributed by atoms with Crippen molar-refractivity contribution in [2.24, 2.45) is 0 Å². The van der Waals surface area contributed by atoms with E-state index in [2.05, 4.69) is 23.4 Å². The van der Waals surface area contributed by atoms with Crippen molar-refractivity contribution in [2.75, 3.05) is 44.7 Å². The summed E-state index contributed by atoms with van der Waals surface area (Å²) in [5, 5.41) is 0. The first kappa shape index (κ1) is 21.4. The fourth-order valence-electron chi connectivity index (χ4n) is 3.41. The third kappa shape index (κ3) is 4.75. The number of aromatic nitrogens is 3. The number of carbonyl (C=O) groups excluding carboxylic acids is 1. The average Bonchev–Trinajstić information content (AvgIpc) is 3.28. The smallest absolute Gasteiger partial charge is 0.242 e. The molecule has 12 heteroatoms. The molecule has 1 amide bonds. The van der Waals surface area contributed by atoms with Gasteiger partial charge in [0.15, 0.2) is 0 Å². The van der Waals surface area contributed by atoms with Gasteiger partial charge in [0, 0.05) is 45.2 Å². The Balaban J connectivity index is 1.29. The lowest BCUT2D eigenvalue weighted by molar-refractivity contribution is -0.131. The summed E-state index contributed by atoms with van der Waals surface area (Å²) in [5.74, 6) is 1.27. The number of ether oxygens (including phenoxy) is 1. The molecule has 3 aromatic rings. The molecule has 2 aromatic heterocycles. The number of fused-ring (bicyclic) bond motifs is 1. The number of hydrogen-bond donors (Lipinski definition) is 1. The van der Waals surface area contributed by atoms with E-state index in [0.717, 1.165) is 17.5 Å². The first-order valence-corrected chi connectivity index (χ1v) is 11.9. The molecule has 1 aliphatic heterocycles. The van der Waals surface area contributed by atoms with E-state index in [4.69, 9.17) is 4.74 Å². The van der Waals surface area contributed by atoms with E-state index in [1.807, 2.05) is 12.1 Å². The number of sulfonamides is 1. The van der Waals surface area contributed by atoms with E-state index in [1.165, 1.54) is 6.07 Å². The van der Waals surface area contributed by atoms with Crippen LogP contribution in [0.1, 0.15) is 6.42 Å². The van der Waals surface area contributed by atoms with Crippen molar-refractivity contribution in [2.45, 2.75) is 11.3 Å². The van der Waals surface area contributed by atoms with Crippen molar-refractivity contribution >= 4 is 44.5 Å². The third-order valence-electron chi connectivity index (χ3n) is 5.04. The molecular formula is C19H22N6O4S2. The van der Waals surface area contributed by atoms with Crippen LogP contribution in [0.5, 0.6) is 5.88 Å². The molecular weight excluding hydrogens is 440 g/mol. The second-order valence-electron chi connectivity index (χ2n) is 6.94. The zero-order valence-electron chi connectivity index (χ0n) is 16.9. The summed E-state index contributed by atoms with van der Waals surface area (Å²) in [7, 11) is -2.21. The van der Waals surface area contributed by atoms with E-state index in [9.17, 15) is 13.2 Å². The van der Waals surface area contributed by atoms with Crippen LogP contribution in [0.4, 0.5) is 5.82 Å². The second kappa shape index (κ2) is 9.12. The maximum Gasteiger partial charge on any atom is 0.242 e. The minimum absolute atomic E-state index is 0.0206. The van der Waals surface area contributed by atoms with Gasteiger partial charge in [-0.3, -0.25) is 4.79 Å². The monoisotopic (exact) mass is 462 g/mol. The normalized spacial score (nSPS) is 14.7. The van der Waals surface area contributed by atoms with Gasteiger partial charge >= 0.3 is 0 Å². The Morgan fingerprint density at radius 1 is 1.13 bits per heavy atom. The molecule has 1 aromatic carbocycles. The summed E-state index contributed by atoms with van der Waals surface area (Å²) in [6.07, 6.45) is 0.0852. The lowest BCUT2D eigenvalue weighted by Gasteiger charge is -2.35. The zero-order valence-corrected chi connectivity index (χ0v) is 18.5. The van der Waals surface area contributed by atoms with Crippen molar-refractivity contribution in [3.63, 3.8) is 0 Å². The fraction of sp³-hybridized carbons (Fsp3) is 0.368. The number of hydrogen-bond acceptors (Lipinski definition) is 9. The third-order valence-corrected chi connectivity index (χ3v) is 7.08. The Labute approximate surface area is 184 Å². The number of carbonyl (C=O) groups is 1. The number of methoxy groups -OCH3 is 1. The summed E-state index contributed by atoms with van der Waals surface area (Å²) >= 11 is 0.963. The summed E-state index contributed by atoms with van der Waals surface area (Å²) in [6, 6.07) is 10.4. The van der Waals surface area contributed by atoms with Crippen LogP contribution in [-0.2, 0) is 14.8 Å². The minimum atomic E-state index is -3.78. The Morgan fingerprint density at radius 2 is 1.90 bits per heavy atom. The first-order valence-electron chi connectivity index (χ1n) is 9.72. The van der Waals surface area contributed by atoms with E-state index < -0.39 is 10.0 Å². The van der Waals surface area contributed by atoms with Crippen LogP contribution in [0.15, 0.2) is 41.3 Å². The fourth-order valence-corrected chi connectivity index (χ4v) is 5.20. The van der Waals surface area contributed by atoms with Crippen molar-refractivity contribution < 1.29 is 17.9 Å². The van der Waals surface area contributed by atoms with Gasteiger partial charge in [0.1, 0.15) is 21.7 Å². The topological polar surface area (TPSA) is 118 Å². The zero-order chi connectivity index (χ0) is 21.8. The number of piperazine rings is 1. The lowest BCUT2D eigenvalue weighted by Crippen LogP contribution is -2.49. The number of benzene rings is 1. The number of pyridine rings is 1. The standard InChI is InChI=1S/C19H22N6O4S2/c1-29-17-7-3-6-16(21-17)24-10-12-25(13-11-24)18(26)8-9-20-31(27,28)15-5-2-4-14-19(15)23-30-22-14/h2-7,20H,8-13H2,1H3. The maximum absolute atomic E-state index is 12.6. The average molecular weight is 463 g/mol. The van der Waals surface area contributed by atoms with Crippen molar-refractivity contribution in [1.82, 2.24) is 23.4 Å². The SMILES string of the molecule is COc1cccc(N2CCN(C(=O)CCNS(=O)(=O)c3cccc4nsnc34)CC2)n1. The van der Waals surface area contributed by atoms with Crippen molar-refractivity contribution in [3.05, 3.63) is 36.4 Å². The van der Waals surface area contributed by atoms with Crippen LogP contribution in [0.2, 0.25) is 0 Å². The summed E-state index contributed by atoms with van der Waals surface area (Å²) in [5.41, 5.74) is 0.876. The van der Waals surface area contributed by atoms with E-state index in [0.29, 0.717) is 43.1 Å². The largest absolute Gasteiger partial charge is 0.481 e. The molecule has 1 saturated heterocycles. The number of nitrogens with one attached hydrogen (secondary N) is 1. The van der Waals surface area contributed by atoms with Gasteiger partial charge < -0.3 is 14.5 Å². The number of rotatable bonds is 7. The highest BCUT2D eigenvalue weighted by atomic mass is 32.2. The molecule has 3 heterocycles. The molecule has 1 N–H and O–H groups in total. The molecule has 0 spiro atoms. The van der Waals surface area contributed by atoms with Crippen LogP contribution in [-0.4, -0.2) is 72.8 Å². The molecule has 0 unspecified atom stereocenters. The van der Waals surface area contributed by atoms with Gasteiger partial charge in [-0.2, -0.15) is 13.7 Å². The summed E-state index contributed by atoms with van der Waals surface area (Å²) in [4.78, 5) is 20.9. The van der Waals surface area contributed by atoms with Gasteiger partial charge in [-0.05, 0) is 18.2 Å². The van der Waals surface area contributed by atoms with Gasteiger partial charge in [0.05, 0.1) is 18.8 Å². The first-order chi connectivity index (χ1) is 15.0. The highest BCUT2D eigenvalue weighted by molar-refractivity contribution is 7.89. The van der Waals surface area contributed by atoms with E-state index in [-0.39, 0.29) is 23.8 Å². The van der Waals surface area contributed by atoms with Gasteiger partial charge in [-0.1, -0.05) is 12.1 Å². The van der Waals surface area contributed by atoms with Crippen molar-refractivity contribution in [3.8, 4) is 5.88 Å². The maximum atomic E-state index is 12.6. The summed E-state index contributed by atoms with van der Waals surface area (Å²) < 4.78 is 41.1. The van der Waals surface area contributed by atoms with Crippen LogP contribution in [0.3, 0.4) is 0 Å². The number of amides is 1. The highest BCUT2D eigenvalue weighted by Gasteiger charge is 2.23. The predicted molar refractivity (Wildman–Crippen MR) is 117 cm³/mol. The molecule has 4 rings (SSSR count). The molecule has 0 atom stereocenters. The van der Waals surface area contributed by atoms with Gasteiger partial charge in [-0.15, -0.1) is 0 Å². The van der Waals surface area contributed by atoms with Gasteiger partial charge in [0.25, 0.3) is 0 Å². The quantitative estimate of drug-likeness (QED) is 0.555. The second-order valence-corrected chi connectivity index (χ2v) is 9.21. The lowest BCUT2D eigenvalue weighted by atomic mass is 10.2. The molecule has 31 heavy (non-hydrogen) atoms. The molecule has 1 aliphatic rings. The van der Waals surface area contributed by atoms with Crippen LogP contribution >= 0.6 is 11.7 Å². The van der Waals surface area contributed by atoms with E-state index >= 15 is 0 Å². The molecule has 0 aliphatic carbocycles. The summed E-state index contributed by atoms with van der Waals surface area (Å²) in [6.45, 7) is 2.42. The minimum Gasteiger partial charge on any atom is -0.481 e. The Hall–Kier alpha value is -2.83. The number of nitrogens with zero attached hydrogens (tertiary/aromatic N) is 5. The highest BCUT2D eigenvalue weighted by Crippen LogP contribution is 2.21. The Bertz CT molecular complexity index is 1170. The van der Waals surface area contributed by atoms with Gasteiger partial charge in [0.2, 0.25) is 21.8 Å². The van der Waals surface area contributed by atoms with Crippen LogP contribution in [0, 0.1) is 0 Å². The van der Waals surface area contributed by atoms with Crippen molar-refractivity contribution in [1.29, 1.82) is 0 Å². The van der Waals surface area contributed by atoms with Crippen LogP contribution < -0.4 is 14.4 Å². The molecule has 0 radical (unpaired) electrons. The number of anilines is 1. The molecule has 0 saturated carbocycles. The van der Waals surface area contributed by atoms with Crippen LogP contribution in [0.25, 0.3) is 11.0 Å². The van der Waals surface area contributed by atoms with Gasteiger partial charge in [-0.25, -0.2) is 13.1 Å². The molecule has 10 nitrogen and oxygen atoms in total.